The highest BCUT2D eigenvalue weighted by Crippen LogP contribution is 2.54. The molecule has 0 radical (unpaired) electrons. The van der Waals surface area contributed by atoms with Gasteiger partial charge in [0.15, 0.2) is 0 Å². The second-order valence-corrected chi connectivity index (χ2v) is 17.8. The van der Waals surface area contributed by atoms with Crippen LogP contribution in [0.5, 0.6) is 0 Å². The molecule has 0 aliphatic heterocycles. The van der Waals surface area contributed by atoms with Crippen molar-refractivity contribution < 1.29 is 0 Å². The lowest BCUT2D eigenvalue weighted by Gasteiger charge is -2.24. The van der Waals surface area contributed by atoms with E-state index in [4.69, 9.17) is 10.2 Å². The van der Waals surface area contributed by atoms with Crippen LogP contribution in [-0.4, -0.2) is 15.4 Å². The zero-order chi connectivity index (χ0) is 42.7. The van der Waals surface area contributed by atoms with Crippen LogP contribution in [0.15, 0.2) is 200 Å². The van der Waals surface area contributed by atoms with Crippen molar-refractivity contribution in [2.45, 2.75) is 20.3 Å². The number of hydrogen-bond acceptors (Lipinski definition) is 4. The molecule has 0 fully saturated rings. The van der Waals surface area contributed by atoms with Crippen molar-refractivity contribution in [2.75, 3.05) is 0 Å². The first-order chi connectivity index (χ1) is 31.6. The molecule has 1 aliphatic rings. The van der Waals surface area contributed by atoms with Crippen LogP contribution >= 0.6 is 11.3 Å². The topological polar surface area (TPSA) is 38.7 Å². The molecule has 0 saturated heterocycles. The van der Waals surface area contributed by atoms with Gasteiger partial charge < -0.3 is 0 Å². The molecule has 302 valence electrons. The second-order valence-electron chi connectivity index (χ2n) is 16.7. The van der Waals surface area contributed by atoms with Gasteiger partial charge in [0.05, 0.1) is 0 Å². The highest BCUT2D eigenvalue weighted by molar-refractivity contribution is 7.26. The molecule has 1 aliphatic carbocycles. The van der Waals surface area contributed by atoms with Crippen molar-refractivity contribution in [3.63, 3.8) is 0 Å². The van der Waals surface area contributed by atoms with E-state index in [0.29, 0.717) is 0 Å². The van der Waals surface area contributed by atoms with Crippen LogP contribution in [-0.2, 0) is 6.42 Å². The molecule has 2 heterocycles. The fraction of sp³-hybridized carbons (Fsp3) is 0.0500. The molecule has 0 atom stereocenters. The van der Waals surface area contributed by atoms with Crippen LogP contribution in [0.3, 0.4) is 0 Å². The van der Waals surface area contributed by atoms with Crippen LogP contribution in [0.25, 0.3) is 109 Å². The summed E-state index contributed by atoms with van der Waals surface area (Å²) in [4.78, 5) is 0. The summed E-state index contributed by atoms with van der Waals surface area (Å²) in [5.41, 5.74) is 22.8. The fourth-order valence-corrected chi connectivity index (χ4v) is 11.3. The molecule has 9 aromatic carbocycles. The number of benzene rings is 9. The van der Waals surface area contributed by atoms with Gasteiger partial charge in [-0.1, -0.05) is 188 Å². The number of rotatable bonds is 7. The summed E-state index contributed by atoms with van der Waals surface area (Å²) in [5, 5.41) is 17.3. The van der Waals surface area contributed by atoms with Crippen LogP contribution in [0.2, 0.25) is 0 Å². The van der Waals surface area contributed by atoms with E-state index in [-0.39, 0.29) is 0 Å². The Morgan fingerprint density at radius 2 is 0.984 bits per heavy atom. The highest BCUT2D eigenvalue weighted by Gasteiger charge is 2.31. The van der Waals surface area contributed by atoms with Crippen molar-refractivity contribution >= 4 is 31.5 Å². The minimum atomic E-state index is 0.812. The summed E-state index contributed by atoms with van der Waals surface area (Å²) in [6, 6.07) is 72.5. The van der Waals surface area contributed by atoms with Gasteiger partial charge in [0.1, 0.15) is 11.4 Å². The minimum Gasteiger partial charge on any atom is -0.135 e. The van der Waals surface area contributed by atoms with Gasteiger partial charge in [-0.05, 0) is 110 Å². The van der Waals surface area contributed by atoms with E-state index in [1.807, 2.05) is 11.3 Å². The van der Waals surface area contributed by atoms with E-state index >= 15 is 0 Å². The third-order valence-electron chi connectivity index (χ3n) is 13.2. The highest BCUT2D eigenvalue weighted by atomic mass is 32.1. The Kier molecular flexibility index (Phi) is 9.20. The monoisotopic (exact) mass is 835 g/mol. The molecule has 2 aromatic heterocycles. The Labute approximate surface area is 377 Å². The molecule has 11 aromatic rings. The first-order valence-corrected chi connectivity index (χ1v) is 22.7. The average molecular weight is 836 g/mol. The Bertz CT molecular complexity index is 3590. The molecule has 0 bridgehead atoms. The molecular weight excluding hydrogens is 795 g/mol. The lowest BCUT2D eigenvalue weighted by Crippen LogP contribution is -2.05. The molecular formula is C60H41N3S. The predicted molar refractivity (Wildman–Crippen MR) is 268 cm³/mol. The van der Waals surface area contributed by atoms with E-state index < -0.39 is 0 Å². The van der Waals surface area contributed by atoms with Gasteiger partial charge in [-0.2, -0.15) is 0 Å². The molecule has 4 heteroatoms. The number of hydrogen-bond donors (Lipinski definition) is 0. The first-order valence-electron chi connectivity index (χ1n) is 21.9. The molecule has 64 heavy (non-hydrogen) atoms. The number of aryl methyl sites for hydroxylation is 1. The Morgan fingerprint density at radius 1 is 0.391 bits per heavy atom. The van der Waals surface area contributed by atoms with Gasteiger partial charge in [0, 0.05) is 48.0 Å². The maximum Gasteiger partial charge on any atom is 0.105 e. The third kappa shape index (κ3) is 6.13. The molecule has 0 N–H and O–H groups in total. The quantitative estimate of drug-likeness (QED) is 0.161. The van der Waals surface area contributed by atoms with Crippen LogP contribution in [0.1, 0.15) is 22.3 Å². The summed E-state index contributed by atoms with van der Waals surface area (Å²) in [7, 11) is 0. The number of aromatic nitrogens is 3. The lowest BCUT2D eigenvalue weighted by atomic mass is 9.80. The van der Waals surface area contributed by atoms with Gasteiger partial charge in [-0.3, -0.25) is 0 Å². The molecule has 0 amide bonds. The SMILES string of the molecule is Cc1cc2c(c(-c3c(-c4ccccc4)nnnc3-c3cccc(-c4ccccc4)c3-c3c(-c4ccccc4-c4ccccc4)ccc4sc5ccccc5c34)c1C)Cc1ccccc1-2. The summed E-state index contributed by atoms with van der Waals surface area (Å²) >= 11 is 1.85. The number of thiophene rings is 1. The smallest absolute Gasteiger partial charge is 0.105 e. The maximum atomic E-state index is 5.22. The van der Waals surface area contributed by atoms with Crippen molar-refractivity contribution in [3.8, 4) is 89.3 Å². The third-order valence-corrected chi connectivity index (χ3v) is 14.3. The number of fused-ring (bicyclic) bond motifs is 6. The van der Waals surface area contributed by atoms with Crippen LogP contribution < -0.4 is 0 Å². The van der Waals surface area contributed by atoms with E-state index in [1.165, 1.54) is 81.4 Å². The lowest BCUT2D eigenvalue weighted by molar-refractivity contribution is 0.878. The number of nitrogens with zero attached hydrogens (tertiary/aromatic N) is 3. The standard InChI is InChI=1S/C60H41N3S/c1-37-35-50-44-27-13-12-25-42(44)36-51(50)54(38(37)2)58-59(41-23-10-5-11-24-41)61-63-62-60(58)49-31-18-30-45(40-21-8-4-9-22-40)55(49)57-47(33-34-53-56(57)48-29-16-17-32-52(48)64-53)46-28-15-14-26-43(46)39-19-6-3-7-20-39/h3-35H,36H2,1-2H3. The van der Waals surface area contributed by atoms with Crippen LogP contribution in [0.4, 0.5) is 0 Å². The zero-order valence-corrected chi connectivity index (χ0v) is 36.3. The molecule has 3 nitrogen and oxygen atoms in total. The molecule has 0 spiro atoms. The second kappa shape index (κ2) is 15.5. The molecule has 0 unspecified atom stereocenters. The Hall–Kier alpha value is -7.79. The molecule has 0 saturated carbocycles. The minimum absolute atomic E-state index is 0.812. The fourth-order valence-electron chi connectivity index (χ4n) is 10.2. The summed E-state index contributed by atoms with van der Waals surface area (Å²) in [6.45, 7) is 4.51. The van der Waals surface area contributed by atoms with E-state index in [0.717, 1.165) is 56.8 Å². The molecule has 12 rings (SSSR count). The van der Waals surface area contributed by atoms with Gasteiger partial charge in [0.25, 0.3) is 0 Å². The van der Waals surface area contributed by atoms with E-state index in [2.05, 4.69) is 219 Å². The van der Waals surface area contributed by atoms with E-state index in [9.17, 15) is 0 Å². The van der Waals surface area contributed by atoms with Gasteiger partial charge >= 0.3 is 0 Å². The first kappa shape index (κ1) is 37.9. The predicted octanol–water partition coefficient (Wildman–Crippen LogP) is 16.1. The maximum absolute atomic E-state index is 5.22. The van der Waals surface area contributed by atoms with E-state index in [1.54, 1.807) is 0 Å². The van der Waals surface area contributed by atoms with Gasteiger partial charge in [0.2, 0.25) is 0 Å². The van der Waals surface area contributed by atoms with Crippen molar-refractivity contribution in [3.05, 3.63) is 222 Å². The average Bonchev–Trinajstić information content (AvgIpc) is 3.93. The zero-order valence-electron chi connectivity index (χ0n) is 35.5. The Balaban J connectivity index is 1.26. The summed E-state index contributed by atoms with van der Waals surface area (Å²) in [5.74, 6) is 0. The van der Waals surface area contributed by atoms with Gasteiger partial charge in [-0.25, -0.2) is 0 Å². The normalized spacial score (nSPS) is 11.8. The largest absolute Gasteiger partial charge is 0.135 e. The van der Waals surface area contributed by atoms with Crippen molar-refractivity contribution in [2.24, 2.45) is 0 Å². The Morgan fingerprint density at radius 3 is 1.75 bits per heavy atom. The summed E-state index contributed by atoms with van der Waals surface area (Å²) in [6.07, 6.45) is 0.829. The van der Waals surface area contributed by atoms with Crippen molar-refractivity contribution in [1.29, 1.82) is 0 Å². The summed E-state index contributed by atoms with van der Waals surface area (Å²) < 4.78 is 2.49. The van der Waals surface area contributed by atoms with Crippen molar-refractivity contribution in [1.82, 2.24) is 15.4 Å². The van der Waals surface area contributed by atoms with Crippen LogP contribution in [0, 0.1) is 13.8 Å². The van der Waals surface area contributed by atoms with Gasteiger partial charge in [-0.15, -0.1) is 21.5 Å².